The molecule has 114 valence electrons. The standard InChI is InChI=1S/C13H12F3NO4/c1-3-20-11(18)6-8-4-5-10(19-2)9(7-17)12(8)21-13(14,15)16/h4-5H,3,6H2,1-2H3. The van der Waals surface area contributed by atoms with E-state index in [1.807, 2.05) is 0 Å². The first kappa shape index (κ1) is 16.6. The Morgan fingerprint density at radius 3 is 2.52 bits per heavy atom. The van der Waals surface area contributed by atoms with Crippen LogP contribution in [0.5, 0.6) is 11.5 Å². The average molecular weight is 303 g/mol. The predicted molar refractivity (Wildman–Crippen MR) is 64.7 cm³/mol. The number of carbonyl (C=O) groups is 1. The molecular weight excluding hydrogens is 291 g/mol. The molecule has 0 aliphatic rings. The lowest BCUT2D eigenvalue weighted by molar-refractivity contribution is -0.275. The molecule has 0 unspecified atom stereocenters. The van der Waals surface area contributed by atoms with Gasteiger partial charge in [0.05, 0.1) is 20.1 Å². The number of carbonyl (C=O) groups excluding carboxylic acids is 1. The van der Waals surface area contributed by atoms with Crippen molar-refractivity contribution in [3.8, 4) is 17.6 Å². The molecule has 8 heteroatoms. The first-order valence-corrected chi connectivity index (χ1v) is 5.83. The molecule has 1 aromatic carbocycles. The second kappa shape index (κ2) is 6.83. The number of rotatable bonds is 5. The van der Waals surface area contributed by atoms with Crippen molar-refractivity contribution in [1.82, 2.24) is 0 Å². The van der Waals surface area contributed by atoms with Gasteiger partial charge in [0.2, 0.25) is 0 Å². The summed E-state index contributed by atoms with van der Waals surface area (Å²) in [6.07, 6.45) is -5.45. The van der Waals surface area contributed by atoms with Crippen LogP contribution in [0.2, 0.25) is 0 Å². The van der Waals surface area contributed by atoms with Crippen molar-refractivity contribution in [1.29, 1.82) is 5.26 Å². The van der Waals surface area contributed by atoms with Gasteiger partial charge >= 0.3 is 12.3 Å². The number of nitrogens with zero attached hydrogens (tertiary/aromatic N) is 1. The zero-order valence-electron chi connectivity index (χ0n) is 11.3. The Morgan fingerprint density at radius 2 is 2.05 bits per heavy atom. The van der Waals surface area contributed by atoms with Crippen LogP contribution in [-0.4, -0.2) is 26.0 Å². The molecule has 0 spiro atoms. The minimum Gasteiger partial charge on any atom is -0.495 e. The third-order valence-corrected chi connectivity index (χ3v) is 2.39. The van der Waals surface area contributed by atoms with Gasteiger partial charge in [-0.3, -0.25) is 4.79 Å². The first-order valence-electron chi connectivity index (χ1n) is 5.83. The summed E-state index contributed by atoms with van der Waals surface area (Å²) < 4.78 is 50.8. The highest BCUT2D eigenvalue weighted by atomic mass is 19.4. The first-order chi connectivity index (χ1) is 9.82. The van der Waals surface area contributed by atoms with Crippen LogP contribution in [-0.2, 0) is 16.0 Å². The highest BCUT2D eigenvalue weighted by Crippen LogP contribution is 2.35. The Labute approximate surface area is 118 Å². The van der Waals surface area contributed by atoms with Crippen molar-refractivity contribution in [2.75, 3.05) is 13.7 Å². The van der Waals surface area contributed by atoms with Gasteiger partial charge in [0.1, 0.15) is 17.4 Å². The molecule has 1 aromatic rings. The molecule has 0 aliphatic carbocycles. The van der Waals surface area contributed by atoms with Crippen molar-refractivity contribution in [3.63, 3.8) is 0 Å². The summed E-state index contributed by atoms with van der Waals surface area (Å²) >= 11 is 0. The van der Waals surface area contributed by atoms with E-state index in [2.05, 4.69) is 9.47 Å². The smallest absolute Gasteiger partial charge is 0.495 e. The highest BCUT2D eigenvalue weighted by molar-refractivity contribution is 5.75. The number of methoxy groups -OCH3 is 1. The van der Waals surface area contributed by atoms with Gasteiger partial charge < -0.3 is 14.2 Å². The fourth-order valence-corrected chi connectivity index (χ4v) is 1.62. The lowest BCUT2D eigenvalue weighted by Gasteiger charge is -2.16. The van der Waals surface area contributed by atoms with Gasteiger partial charge in [0, 0.05) is 5.56 Å². The van der Waals surface area contributed by atoms with E-state index in [-0.39, 0.29) is 17.9 Å². The molecule has 0 aromatic heterocycles. The zero-order valence-corrected chi connectivity index (χ0v) is 11.3. The topological polar surface area (TPSA) is 68.5 Å². The predicted octanol–water partition coefficient (Wildman–Crippen LogP) is 2.57. The van der Waals surface area contributed by atoms with Crippen LogP contribution in [0.25, 0.3) is 0 Å². The number of alkyl halides is 3. The van der Waals surface area contributed by atoms with Crippen molar-refractivity contribution in [2.45, 2.75) is 19.7 Å². The highest BCUT2D eigenvalue weighted by Gasteiger charge is 2.34. The van der Waals surface area contributed by atoms with E-state index in [1.165, 1.54) is 19.2 Å². The average Bonchev–Trinajstić information content (AvgIpc) is 2.39. The van der Waals surface area contributed by atoms with Crippen molar-refractivity contribution in [3.05, 3.63) is 23.3 Å². The van der Waals surface area contributed by atoms with E-state index < -0.39 is 30.1 Å². The summed E-state index contributed by atoms with van der Waals surface area (Å²) in [5.41, 5.74) is -0.542. The van der Waals surface area contributed by atoms with Crippen LogP contribution in [0, 0.1) is 11.3 Å². The summed E-state index contributed by atoms with van der Waals surface area (Å²) in [6.45, 7) is 1.66. The molecule has 0 radical (unpaired) electrons. The fraction of sp³-hybridized carbons (Fsp3) is 0.385. The van der Waals surface area contributed by atoms with E-state index in [1.54, 1.807) is 13.0 Å². The molecule has 0 atom stereocenters. The number of hydrogen-bond donors (Lipinski definition) is 0. The number of hydrogen-bond acceptors (Lipinski definition) is 5. The third-order valence-electron chi connectivity index (χ3n) is 2.39. The number of nitriles is 1. The minimum absolute atomic E-state index is 0.0793. The van der Waals surface area contributed by atoms with Gasteiger partial charge in [-0.1, -0.05) is 6.07 Å². The normalized spacial score (nSPS) is 10.7. The molecule has 0 amide bonds. The minimum atomic E-state index is -5.00. The Kier molecular flexibility index (Phi) is 5.41. The van der Waals surface area contributed by atoms with E-state index >= 15 is 0 Å². The maximum Gasteiger partial charge on any atom is 0.573 e. The summed E-state index contributed by atoms with van der Waals surface area (Å²) in [5.74, 6) is -1.56. The van der Waals surface area contributed by atoms with Crippen LogP contribution in [0.15, 0.2) is 12.1 Å². The van der Waals surface area contributed by atoms with E-state index in [4.69, 9.17) is 10.00 Å². The van der Waals surface area contributed by atoms with Crippen molar-refractivity contribution in [2.24, 2.45) is 0 Å². The van der Waals surface area contributed by atoms with Crippen LogP contribution < -0.4 is 9.47 Å². The second-order valence-corrected chi connectivity index (χ2v) is 3.77. The molecule has 0 fully saturated rings. The van der Waals surface area contributed by atoms with Crippen LogP contribution >= 0.6 is 0 Å². The van der Waals surface area contributed by atoms with Gasteiger partial charge in [-0.05, 0) is 13.0 Å². The SMILES string of the molecule is CCOC(=O)Cc1ccc(OC)c(C#N)c1OC(F)(F)F. The van der Waals surface area contributed by atoms with E-state index in [9.17, 15) is 18.0 Å². The van der Waals surface area contributed by atoms with Crippen LogP contribution in [0.4, 0.5) is 13.2 Å². The Bertz CT molecular complexity index is 564. The lowest BCUT2D eigenvalue weighted by atomic mass is 10.1. The Morgan fingerprint density at radius 1 is 1.38 bits per heavy atom. The van der Waals surface area contributed by atoms with Crippen molar-refractivity contribution < 1.29 is 32.2 Å². The van der Waals surface area contributed by atoms with Gasteiger partial charge in [0.15, 0.2) is 5.75 Å². The number of halogens is 3. The maximum absolute atomic E-state index is 12.5. The van der Waals surface area contributed by atoms with Gasteiger partial charge in [-0.25, -0.2) is 0 Å². The van der Waals surface area contributed by atoms with Crippen LogP contribution in [0.3, 0.4) is 0 Å². The molecule has 0 N–H and O–H groups in total. The van der Waals surface area contributed by atoms with Gasteiger partial charge in [0.25, 0.3) is 0 Å². The van der Waals surface area contributed by atoms with Crippen molar-refractivity contribution >= 4 is 5.97 Å². The molecule has 0 saturated heterocycles. The van der Waals surface area contributed by atoms with Crippen LogP contribution in [0.1, 0.15) is 18.1 Å². The largest absolute Gasteiger partial charge is 0.573 e. The number of benzene rings is 1. The number of esters is 1. The molecular formula is C13H12F3NO4. The number of ether oxygens (including phenoxy) is 3. The van der Waals surface area contributed by atoms with Gasteiger partial charge in [-0.15, -0.1) is 13.2 Å². The molecule has 21 heavy (non-hydrogen) atoms. The Hall–Kier alpha value is -2.43. The summed E-state index contributed by atoms with van der Waals surface area (Å²) in [4.78, 5) is 11.4. The molecule has 0 bridgehead atoms. The third kappa shape index (κ3) is 4.56. The maximum atomic E-state index is 12.5. The molecule has 1 rings (SSSR count). The van der Waals surface area contributed by atoms with E-state index in [0.717, 1.165) is 0 Å². The molecule has 5 nitrogen and oxygen atoms in total. The summed E-state index contributed by atoms with van der Waals surface area (Å²) in [6, 6.07) is 4.09. The lowest BCUT2D eigenvalue weighted by Crippen LogP contribution is -2.20. The quantitative estimate of drug-likeness (QED) is 0.782. The molecule has 0 aliphatic heterocycles. The monoisotopic (exact) mass is 303 g/mol. The van der Waals surface area contributed by atoms with E-state index in [0.29, 0.717) is 0 Å². The summed E-state index contributed by atoms with van der Waals surface area (Å²) in [5, 5.41) is 9.00. The fourth-order valence-electron chi connectivity index (χ4n) is 1.62. The zero-order chi connectivity index (χ0) is 16.0. The molecule has 0 saturated carbocycles. The van der Waals surface area contributed by atoms with Gasteiger partial charge in [-0.2, -0.15) is 5.26 Å². The summed E-state index contributed by atoms with van der Waals surface area (Å²) in [7, 11) is 1.21. The second-order valence-electron chi connectivity index (χ2n) is 3.77. The Balaban J connectivity index is 3.29. The molecule has 0 heterocycles.